The van der Waals surface area contributed by atoms with Crippen LogP contribution in [0.2, 0.25) is 0 Å². The summed E-state index contributed by atoms with van der Waals surface area (Å²) in [4.78, 5) is 12.5. The lowest BCUT2D eigenvalue weighted by molar-refractivity contribution is -0.126. The summed E-state index contributed by atoms with van der Waals surface area (Å²) < 4.78 is 26.9. The third-order valence-corrected chi connectivity index (χ3v) is 6.22. The summed E-state index contributed by atoms with van der Waals surface area (Å²) in [6.45, 7) is 3.84. The molecule has 1 atom stereocenters. The number of halogens is 1. The summed E-state index contributed by atoms with van der Waals surface area (Å²) in [6.07, 6.45) is 3.15. The molecule has 0 spiro atoms. The fraction of sp³-hybridized carbons (Fsp3) is 0.588. The molecule has 142 valence electrons. The average Bonchev–Trinajstić information content (AvgIpc) is 2.59. The molecule has 0 radical (unpaired) electrons. The van der Waals surface area contributed by atoms with Gasteiger partial charge in [0.15, 0.2) is 0 Å². The average molecular weight is 390 g/mol. The lowest BCUT2D eigenvalue weighted by atomic mass is 9.99. The van der Waals surface area contributed by atoms with Gasteiger partial charge in [-0.1, -0.05) is 17.7 Å². The van der Waals surface area contributed by atoms with Crippen molar-refractivity contribution in [3.63, 3.8) is 0 Å². The van der Waals surface area contributed by atoms with Crippen molar-refractivity contribution in [2.24, 2.45) is 11.7 Å². The van der Waals surface area contributed by atoms with Crippen molar-refractivity contribution in [2.45, 2.75) is 37.5 Å². The van der Waals surface area contributed by atoms with Crippen molar-refractivity contribution in [1.82, 2.24) is 9.62 Å². The molecule has 1 heterocycles. The maximum absolute atomic E-state index is 12.7. The van der Waals surface area contributed by atoms with Crippen molar-refractivity contribution in [3.8, 4) is 0 Å². The Morgan fingerprint density at radius 1 is 1.28 bits per heavy atom. The number of benzene rings is 1. The maximum Gasteiger partial charge on any atom is 0.243 e. The van der Waals surface area contributed by atoms with E-state index >= 15 is 0 Å². The molecule has 1 fully saturated rings. The second kappa shape index (κ2) is 10.1. The second-order valence-electron chi connectivity index (χ2n) is 6.30. The van der Waals surface area contributed by atoms with E-state index in [0.717, 1.165) is 24.8 Å². The molecular weight excluding hydrogens is 362 g/mol. The molecule has 0 saturated carbocycles. The number of rotatable bonds is 7. The Balaban J connectivity index is 0.00000312. The van der Waals surface area contributed by atoms with Crippen LogP contribution in [-0.2, 0) is 14.8 Å². The molecule has 1 amide bonds. The molecule has 1 saturated heterocycles. The van der Waals surface area contributed by atoms with E-state index in [1.807, 2.05) is 6.92 Å². The van der Waals surface area contributed by atoms with Gasteiger partial charge in [-0.05, 0) is 51.3 Å². The number of carbonyl (C=O) groups excluding carboxylic acids is 1. The zero-order valence-corrected chi connectivity index (χ0v) is 16.2. The molecule has 1 aromatic rings. The minimum Gasteiger partial charge on any atom is -0.356 e. The number of sulfonamides is 1. The van der Waals surface area contributed by atoms with Gasteiger partial charge in [0, 0.05) is 19.6 Å². The smallest absolute Gasteiger partial charge is 0.243 e. The van der Waals surface area contributed by atoms with Crippen LogP contribution in [0.4, 0.5) is 0 Å². The number of nitrogens with two attached hydrogens (primary N) is 1. The highest BCUT2D eigenvalue weighted by Crippen LogP contribution is 2.24. The van der Waals surface area contributed by atoms with E-state index in [1.165, 1.54) is 4.31 Å². The standard InChI is InChI=1S/C17H27N3O3S.ClH/c1-14-6-8-16(9-7-14)24(22,23)20-12-4-5-15(13-20)17(21)19-11-3-2-10-18;/h6-9,15H,2-5,10-13,18H2,1H3,(H,19,21);1H. The van der Waals surface area contributed by atoms with Gasteiger partial charge in [0.1, 0.15) is 0 Å². The van der Waals surface area contributed by atoms with Gasteiger partial charge in [-0.3, -0.25) is 4.79 Å². The Morgan fingerprint density at radius 3 is 2.60 bits per heavy atom. The number of hydrogen-bond donors (Lipinski definition) is 2. The molecular formula is C17H28ClN3O3S. The van der Waals surface area contributed by atoms with Crippen molar-refractivity contribution in [3.05, 3.63) is 29.8 Å². The summed E-state index contributed by atoms with van der Waals surface area (Å²) in [5.74, 6) is -0.340. The minimum absolute atomic E-state index is 0. The normalized spacial score (nSPS) is 18.4. The van der Waals surface area contributed by atoms with Crippen LogP contribution < -0.4 is 11.1 Å². The van der Waals surface area contributed by atoms with Gasteiger partial charge in [-0.2, -0.15) is 4.31 Å². The number of nitrogens with zero attached hydrogens (tertiary/aromatic N) is 1. The van der Waals surface area contributed by atoms with Crippen LogP contribution in [0.5, 0.6) is 0 Å². The Labute approximate surface area is 156 Å². The van der Waals surface area contributed by atoms with Gasteiger partial charge in [-0.15, -0.1) is 12.4 Å². The van der Waals surface area contributed by atoms with E-state index in [-0.39, 0.29) is 35.7 Å². The van der Waals surface area contributed by atoms with E-state index in [9.17, 15) is 13.2 Å². The van der Waals surface area contributed by atoms with Crippen LogP contribution in [0.15, 0.2) is 29.2 Å². The Hall–Kier alpha value is -1.15. The third-order valence-electron chi connectivity index (χ3n) is 4.34. The summed E-state index contributed by atoms with van der Waals surface area (Å²) in [5, 5.41) is 2.89. The minimum atomic E-state index is -3.54. The quantitative estimate of drug-likeness (QED) is 0.694. The molecule has 25 heavy (non-hydrogen) atoms. The van der Waals surface area contributed by atoms with Gasteiger partial charge in [0.2, 0.25) is 15.9 Å². The predicted octanol–water partition coefficient (Wildman–Crippen LogP) is 1.67. The lowest BCUT2D eigenvalue weighted by Gasteiger charge is -2.31. The molecule has 1 aliphatic heterocycles. The molecule has 2 rings (SSSR count). The summed E-state index contributed by atoms with van der Waals surface area (Å²) in [6, 6.07) is 6.83. The van der Waals surface area contributed by atoms with Crippen LogP contribution in [0.1, 0.15) is 31.2 Å². The topological polar surface area (TPSA) is 92.5 Å². The van der Waals surface area contributed by atoms with Gasteiger partial charge >= 0.3 is 0 Å². The molecule has 0 aromatic heterocycles. The number of amides is 1. The summed E-state index contributed by atoms with van der Waals surface area (Å²) in [5.41, 5.74) is 6.45. The van der Waals surface area contributed by atoms with Gasteiger partial charge in [-0.25, -0.2) is 8.42 Å². The third kappa shape index (κ3) is 5.95. The van der Waals surface area contributed by atoms with E-state index in [0.29, 0.717) is 26.1 Å². The van der Waals surface area contributed by atoms with Gasteiger partial charge in [0.25, 0.3) is 0 Å². The molecule has 1 unspecified atom stereocenters. The van der Waals surface area contributed by atoms with Crippen LogP contribution in [-0.4, -0.2) is 44.8 Å². The van der Waals surface area contributed by atoms with Crippen LogP contribution in [0.25, 0.3) is 0 Å². The highest BCUT2D eigenvalue weighted by Gasteiger charge is 2.33. The molecule has 1 aromatic carbocycles. The van der Waals surface area contributed by atoms with Crippen molar-refractivity contribution in [2.75, 3.05) is 26.2 Å². The number of unbranched alkanes of at least 4 members (excludes halogenated alkanes) is 1. The molecule has 8 heteroatoms. The largest absolute Gasteiger partial charge is 0.356 e. The van der Waals surface area contributed by atoms with Gasteiger partial charge in [0.05, 0.1) is 10.8 Å². The van der Waals surface area contributed by atoms with Gasteiger partial charge < -0.3 is 11.1 Å². The van der Waals surface area contributed by atoms with E-state index in [4.69, 9.17) is 5.73 Å². The predicted molar refractivity (Wildman–Crippen MR) is 101 cm³/mol. The fourth-order valence-corrected chi connectivity index (χ4v) is 4.38. The number of aryl methyl sites for hydroxylation is 1. The highest BCUT2D eigenvalue weighted by molar-refractivity contribution is 7.89. The number of hydrogen-bond acceptors (Lipinski definition) is 4. The van der Waals surface area contributed by atoms with Crippen LogP contribution >= 0.6 is 12.4 Å². The molecule has 0 bridgehead atoms. The first-order valence-corrected chi connectivity index (χ1v) is 9.94. The maximum atomic E-state index is 12.7. The molecule has 6 nitrogen and oxygen atoms in total. The fourth-order valence-electron chi connectivity index (χ4n) is 2.86. The SMILES string of the molecule is Cc1ccc(S(=O)(=O)N2CCCC(C(=O)NCCCCN)C2)cc1.Cl. The monoisotopic (exact) mass is 389 g/mol. The zero-order valence-electron chi connectivity index (χ0n) is 14.6. The first-order chi connectivity index (χ1) is 11.4. The Bertz CT molecular complexity index is 650. The van der Waals surface area contributed by atoms with Crippen molar-refractivity contribution < 1.29 is 13.2 Å². The number of piperidine rings is 1. The van der Waals surface area contributed by atoms with E-state index in [2.05, 4.69) is 5.32 Å². The zero-order chi connectivity index (χ0) is 17.6. The lowest BCUT2D eigenvalue weighted by Crippen LogP contribution is -2.45. The second-order valence-corrected chi connectivity index (χ2v) is 8.24. The van der Waals surface area contributed by atoms with E-state index in [1.54, 1.807) is 24.3 Å². The summed E-state index contributed by atoms with van der Waals surface area (Å²) >= 11 is 0. The first kappa shape index (κ1) is 21.9. The molecule has 3 N–H and O–H groups in total. The van der Waals surface area contributed by atoms with Crippen LogP contribution in [0, 0.1) is 12.8 Å². The molecule has 0 aliphatic carbocycles. The van der Waals surface area contributed by atoms with Crippen LogP contribution in [0.3, 0.4) is 0 Å². The van der Waals surface area contributed by atoms with E-state index < -0.39 is 10.0 Å². The van der Waals surface area contributed by atoms with Crippen molar-refractivity contribution in [1.29, 1.82) is 0 Å². The Morgan fingerprint density at radius 2 is 1.96 bits per heavy atom. The number of nitrogens with one attached hydrogen (secondary N) is 1. The number of carbonyl (C=O) groups is 1. The Kier molecular flexibility index (Phi) is 8.85. The first-order valence-electron chi connectivity index (χ1n) is 8.49. The summed E-state index contributed by atoms with van der Waals surface area (Å²) in [7, 11) is -3.54. The van der Waals surface area contributed by atoms with Crippen molar-refractivity contribution >= 4 is 28.3 Å². The molecule has 1 aliphatic rings. The highest BCUT2D eigenvalue weighted by atomic mass is 35.5.